The standard InChI is InChI=1S/C15H17F2NO3/c1-8(2)7-18-13(19)6-11(15(20)21)14(18)10-4-3-9(16)5-12(10)17/h3-5,8,11,14H,6-7H2,1-2H3,(H,20,21). The molecule has 0 saturated carbocycles. The maximum atomic E-state index is 14.0. The van der Waals surface area contributed by atoms with Gasteiger partial charge < -0.3 is 10.0 Å². The minimum atomic E-state index is -1.15. The normalized spacial score (nSPS) is 22.1. The summed E-state index contributed by atoms with van der Waals surface area (Å²) in [4.78, 5) is 24.8. The molecule has 114 valence electrons. The first-order valence-corrected chi connectivity index (χ1v) is 6.78. The van der Waals surface area contributed by atoms with Gasteiger partial charge in [0.1, 0.15) is 11.6 Å². The summed E-state index contributed by atoms with van der Waals surface area (Å²) in [6.45, 7) is 4.11. The zero-order valence-corrected chi connectivity index (χ0v) is 11.8. The third-order valence-corrected chi connectivity index (χ3v) is 3.59. The van der Waals surface area contributed by atoms with Crippen LogP contribution in [0.5, 0.6) is 0 Å². The average molecular weight is 297 g/mol. The summed E-state index contributed by atoms with van der Waals surface area (Å²) in [6, 6.07) is 2.12. The van der Waals surface area contributed by atoms with E-state index in [9.17, 15) is 23.5 Å². The van der Waals surface area contributed by atoms with Crippen LogP contribution in [0.15, 0.2) is 18.2 Å². The molecule has 0 radical (unpaired) electrons. The van der Waals surface area contributed by atoms with Crippen LogP contribution in [0.3, 0.4) is 0 Å². The molecule has 1 aromatic rings. The van der Waals surface area contributed by atoms with Crippen molar-refractivity contribution in [2.45, 2.75) is 26.3 Å². The van der Waals surface area contributed by atoms with Gasteiger partial charge in [0, 0.05) is 24.6 Å². The number of amides is 1. The zero-order chi connectivity index (χ0) is 15.7. The number of rotatable bonds is 4. The molecule has 1 saturated heterocycles. The molecule has 0 spiro atoms. The Balaban J connectivity index is 2.46. The van der Waals surface area contributed by atoms with E-state index in [4.69, 9.17) is 0 Å². The van der Waals surface area contributed by atoms with Crippen molar-refractivity contribution in [1.82, 2.24) is 4.90 Å². The molecule has 21 heavy (non-hydrogen) atoms. The number of carbonyl (C=O) groups is 2. The summed E-state index contributed by atoms with van der Waals surface area (Å²) in [6.07, 6.45) is -0.163. The van der Waals surface area contributed by atoms with Gasteiger partial charge in [-0.15, -0.1) is 0 Å². The summed E-state index contributed by atoms with van der Waals surface area (Å²) in [5.74, 6) is -3.92. The Morgan fingerprint density at radius 3 is 2.62 bits per heavy atom. The number of nitrogens with zero attached hydrogens (tertiary/aromatic N) is 1. The number of carboxylic acids is 1. The van der Waals surface area contributed by atoms with E-state index in [1.807, 2.05) is 13.8 Å². The van der Waals surface area contributed by atoms with Crippen LogP contribution in [0.25, 0.3) is 0 Å². The van der Waals surface area contributed by atoms with Gasteiger partial charge in [0.05, 0.1) is 12.0 Å². The minimum Gasteiger partial charge on any atom is -0.481 e. The lowest BCUT2D eigenvalue weighted by Gasteiger charge is -2.29. The van der Waals surface area contributed by atoms with E-state index in [0.717, 1.165) is 6.07 Å². The summed E-state index contributed by atoms with van der Waals surface area (Å²) in [5.41, 5.74) is 0.0512. The number of likely N-dealkylation sites (tertiary alicyclic amines) is 1. The van der Waals surface area contributed by atoms with Crippen molar-refractivity contribution >= 4 is 11.9 Å². The van der Waals surface area contributed by atoms with Gasteiger partial charge in [0.2, 0.25) is 5.91 Å². The lowest BCUT2D eigenvalue weighted by atomic mass is 9.93. The van der Waals surface area contributed by atoms with Crippen LogP contribution in [-0.4, -0.2) is 28.4 Å². The SMILES string of the molecule is CC(C)CN1C(=O)CC(C(=O)O)C1c1ccc(F)cc1F. The van der Waals surface area contributed by atoms with E-state index in [2.05, 4.69) is 0 Å². The Kier molecular flexibility index (Phi) is 4.25. The van der Waals surface area contributed by atoms with E-state index >= 15 is 0 Å². The van der Waals surface area contributed by atoms with Gasteiger partial charge in [0.25, 0.3) is 0 Å². The number of carboxylic acid groups (broad SMARTS) is 1. The molecule has 6 heteroatoms. The van der Waals surface area contributed by atoms with Gasteiger partial charge in [-0.2, -0.15) is 0 Å². The Morgan fingerprint density at radius 1 is 1.43 bits per heavy atom. The Morgan fingerprint density at radius 2 is 2.10 bits per heavy atom. The summed E-state index contributed by atoms with van der Waals surface area (Å²) in [7, 11) is 0. The van der Waals surface area contributed by atoms with E-state index in [1.54, 1.807) is 0 Å². The molecule has 4 nitrogen and oxygen atoms in total. The van der Waals surface area contributed by atoms with Crippen LogP contribution in [0.2, 0.25) is 0 Å². The van der Waals surface area contributed by atoms with Gasteiger partial charge in [-0.05, 0) is 12.0 Å². The molecule has 0 bridgehead atoms. The van der Waals surface area contributed by atoms with E-state index in [0.29, 0.717) is 12.6 Å². The Bertz CT molecular complexity index is 574. The summed E-state index contributed by atoms with van der Waals surface area (Å²) < 4.78 is 27.0. The smallest absolute Gasteiger partial charge is 0.309 e. The van der Waals surface area contributed by atoms with Gasteiger partial charge in [0.15, 0.2) is 0 Å². The molecule has 1 aliphatic heterocycles. The fourth-order valence-corrected chi connectivity index (χ4v) is 2.75. The second kappa shape index (κ2) is 5.79. The highest BCUT2D eigenvalue weighted by Gasteiger charge is 2.45. The topological polar surface area (TPSA) is 57.6 Å². The molecule has 1 fully saturated rings. The molecule has 2 atom stereocenters. The number of benzene rings is 1. The van der Waals surface area contributed by atoms with Crippen LogP contribution < -0.4 is 0 Å². The number of hydrogen-bond acceptors (Lipinski definition) is 2. The predicted molar refractivity (Wildman–Crippen MR) is 71.4 cm³/mol. The fourth-order valence-electron chi connectivity index (χ4n) is 2.75. The highest BCUT2D eigenvalue weighted by Crippen LogP contribution is 2.39. The molecule has 2 rings (SSSR count). The van der Waals surface area contributed by atoms with E-state index < -0.39 is 29.6 Å². The van der Waals surface area contributed by atoms with Crippen LogP contribution in [0, 0.1) is 23.5 Å². The van der Waals surface area contributed by atoms with Gasteiger partial charge in [-0.25, -0.2) is 8.78 Å². The lowest BCUT2D eigenvalue weighted by Crippen LogP contribution is -2.34. The molecule has 0 aliphatic carbocycles. The lowest BCUT2D eigenvalue weighted by molar-refractivity contribution is -0.142. The second-order valence-electron chi connectivity index (χ2n) is 5.70. The summed E-state index contributed by atoms with van der Waals surface area (Å²) >= 11 is 0. The molecular weight excluding hydrogens is 280 g/mol. The average Bonchev–Trinajstić information content (AvgIpc) is 2.67. The highest BCUT2D eigenvalue weighted by molar-refractivity contribution is 5.87. The maximum absolute atomic E-state index is 14.0. The molecule has 1 aromatic carbocycles. The second-order valence-corrected chi connectivity index (χ2v) is 5.70. The van der Waals surface area contributed by atoms with Gasteiger partial charge in [-0.3, -0.25) is 9.59 Å². The van der Waals surface area contributed by atoms with Crippen molar-refractivity contribution in [1.29, 1.82) is 0 Å². The largest absolute Gasteiger partial charge is 0.481 e. The first-order valence-electron chi connectivity index (χ1n) is 6.78. The molecule has 1 amide bonds. The first kappa shape index (κ1) is 15.4. The Labute approximate surface area is 121 Å². The molecule has 2 unspecified atom stereocenters. The maximum Gasteiger partial charge on any atom is 0.309 e. The molecule has 1 heterocycles. The third kappa shape index (κ3) is 3.04. The van der Waals surface area contributed by atoms with E-state index in [1.165, 1.54) is 11.0 Å². The molecular formula is C15H17F2NO3. The monoisotopic (exact) mass is 297 g/mol. The molecule has 0 aromatic heterocycles. The van der Waals surface area contributed by atoms with Crippen molar-refractivity contribution < 1.29 is 23.5 Å². The quantitative estimate of drug-likeness (QED) is 0.929. The van der Waals surface area contributed by atoms with Crippen molar-refractivity contribution in [2.24, 2.45) is 11.8 Å². The Hall–Kier alpha value is -1.98. The number of aliphatic carboxylic acids is 1. The number of hydrogen-bond donors (Lipinski definition) is 1. The number of halogens is 2. The fraction of sp³-hybridized carbons (Fsp3) is 0.467. The zero-order valence-electron chi connectivity index (χ0n) is 11.8. The molecule has 1 aliphatic rings. The van der Waals surface area contributed by atoms with Crippen molar-refractivity contribution in [3.63, 3.8) is 0 Å². The van der Waals surface area contributed by atoms with Crippen LogP contribution in [0.1, 0.15) is 31.9 Å². The van der Waals surface area contributed by atoms with Crippen molar-refractivity contribution in [2.75, 3.05) is 6.54 Å². The van der Waals surface area contributed by atoms with Crippen LogP contribution in [-0.2, 0) is 9.59 Å². The van der Waals surface area contributed by atoms with Crippen LogP contribution in [0.4, 0.5) is 8.78 Å². The molecule has 1 N–H and O–H groups in total. The van der Waals surface area contributed by atoms with E-state index in [-0.39, 0.29) is 23.8 Å². The predicted octanol–water partition coefficient (Wildman–Crippen LogP) is 2.60. The van der Waals surface area contributed by atoms with Gasteiger partial charge in [-0.1, -0.05) is 19.9 Å². The number of carbonyl (C=O) groups excluding carboxylic acids is 1. The minimum absolute atomic E-state index is 0.0512. The van der Waals surface area contributed by atoms with Crippen LogP contribution >= 0.6 is 0 Å². The van der Waals surface area contributed by atoms with Gasteiger partial charge >= 0.3 is 5.97 Å². The first-order chi connectivity index (χ1) is 9.81. The highest BCUT2D eigenvalue weighted by atomic mass is 19.1. The van der Waals surface area contributed by atoms with Crippen molar-refractivity contribution in [3.05, 3.63) is 35.4 Å². The summed E-state index contributed by atoms with van der Waals surface area (Å²) in [5, 5.41) is 9.28. The third-order valence-electron chi connectivity index (χ3n) is 3.59. The van der Waals surface area contributed by atoms with Crippen molar-refractivity contribution in [3.8, 4) is 0 Å².